The smallest absolute Gasteiger partial charge is 0.347 e. The van der Waals surface area contributed by atoms with Crippen molar-refractivity contribution in [1.82, 2.24) is 0 Å². The summed E-state index contributed by atoms with van der Waals surface area (Å²) in [4.78, 5) is 23.7. The van der Waals surface area contributed by atoms with E-state index in [0.29, 0.717) is 53.0 Å². The molecule has 0 bridgehead atoms. The highest BCUT2D eigenvalue weighted by Gasteiger charge is 2.21. The maximum Gasteiger partial charge on any atom is 0.347 e. The van der Waals surface area contributed by atoms with E-state index >= 15 is 0 Å². The number of aromatic hydroxyl groups is 2. The number of nitrogens with two attached hydrogens (primary N) is 1. The minimum Gasteiger partial charge on any atom is -0.507 e. The number of hydrogen-bond donors (Lipinski definition) is 3. The van der Waals surface area contributed by atoms with Crippen LogP contribution in [0.1, 0.15) is 35.0 Å². The molecule has 1 aliphatic rings. The number of benzene rings is 3. The van der Waals surface area contributed by atoms with E-state index in [2.05, 4.69) is 6.92 Å². The molecule has 36 heavy (non-hydrogen) atoms. The van der Waals surface area contributed by atoms with Gasteiger partial charge in [-0.05, 0) is 49.9 Å². The lowest BCUT2D eigenvalue weighted by Gasteiger charge is -2.11. The van der Waals surface area contributed by atoms with Gasteiger partial charge in [-0.2, -0.15) is 0 Å². The molecule has 4 aromatic rings. The molecule has 1 unspecified atom stereocenters. The lowest BCUT2D eigenvalue weighted by molar-refractivity contribution is 0.0731. The molecule has 0 spiro atoms. The van der Waals surface area contributed by atoms with Crippen molar-refractivity contribution in [3.05, 3.63) is 87.8 Å². The molecule has 2 heterocycles. The summed E-state index contributed by atoms with van der Waals surface area (Å²) in [5.74, 6) is 1.21. The zero-order valence-corrected chi connectivity index (χ0v) is 20.0. The van der Waals surface area contributed by atoms with Crippen LogP contribution in [0.25, 0.3) is 11.0 Å². The van der Waals surface area contributed by atoms with Gasteiger partial charge in [0.1, 0.15) is 45.3 Å². The number of carbonyl (C=O) groups is 1. The first-order valence-corrected chi connectivity index (χ1v) is 11.5. The quantitative estimate of drug-likeness (QED) is 0.204. The average molecular weight is 490 g/mol. The van der Waals surface area contributed by atoms with Crippen molar-refractivity contribution in [1.29, 1.82) is 0 Å². The normalized spacial score (nSPS) is 14.6. The Morgan fingerprint density at radius 2 is 1.83 bits per heavy atom. The number of phenolic OH excluding ortho intramolecular Hbond substituents is 2. The molecule has 8 heteroatoms. The van der Waals surface area contributed by atoms with Crippen LogP contribution >= 0.6 is 0 Å². The molecule has 0 saturated carbocycles. The molecule has 0 aliphatic carbocycles. The molecule has 1 aliphatic heterocycles. The Labute approximate surface area is 207 Å². The monoisotopic (exact) mass is 489 g/mol. The van der Waals surface area contributed by atoms with Gasteiger partial charge in [0.2, 0.25) is 0 Å². The molecule has 186 valence electrons. The third kappa shape index (κ3) is 5.43. The van der Waals surface area contributed by atoms with Crippen molar-refractivity contribution in [2.24, 2.45) is 5.92 Å². The van der Waals surface area contributed by atoms with Crippen LogP contribution in [0.2, 0.25) is 0 Å². The van der Waals surface area contributed by atoms with E-state index in [1.807, 2.05) is 6.07 Å². The minimum absolute atomic E-state index is 0.00958. The van der Waals surface area contributed by atoms with Crippen LogP contribution in [0.5, 0.6) is 23.0 Å². The summed E-state index contributed by atoms with van der Waals surface area (Å²) in [6.45, 7) is 4.44. The lowest BCUT2D eigenvalue weighted by Crippen LogP contribution is -2.08. The zero-order valence-electron chi connectivity index (χ0n) is 20.0. The number of para-hydroxylation sites is 1. The Morgan fingerprint density at radius 3 is 2.56 bits per heavy atom. The first-order valence-electron chi connectivity index (χ1n) is 11.5. The number of rotatable bonds is 2. The van der Waals surface area contributed by atoms with Gasteiger partial charge in [0, 0.05) is 29.4 Å². The van der Waals surface area contributed by atoms with Crippen molar-refractivity contribution in [2.45, 2.75) is 26.7 Å². The third-order valence-corrected chi connectivity index (χ3v) is 5.79. The first kappa shape index (κ1) is 24.7. The van der Waals surface area contributed by atoms with E-state index < -0.39 is 5.97 Å². The number of nitrogen functional groups attached to an aromatic ring is 1. The van der Waals surface area contributed by atoms with Crippen LogP contribution in [0, 0.1) is 12.8 Å². The Balaban J connectivity index is 0.000000170. The van der Waals surface area contributed by atoms with Crippen LogP contribution in [0.3, 0.4) is 0 Å². The summed E-state index contributed by atoms with van der Waals surface area (Å²) in [6.07, 6.45) is 1.65. The van der Waals surface area contributed by atoms with Crippen molar-refractivity contribution < 1.29 is 28.9 Å². The molecule has 0 amide bonds. The van der Waals surface area contributed by atoms with E-state index in [4.69, 9.17) is 19.6 Å². The summed E-state index contributed by atoms with van der Waals surface area (Å²) >= 11 is 0. The predicted octanol–water partition coefficient (Wildman–Crippen LogP) is 4.96. The van der Waals surface area contributed by atoms with Crippen LogP contribution < -0.4 is 20.6 Å². The number of carbonyl (C=O) groups excluding carboxylic acids is 1. The van der Waals surface area contributed by atoms with E-state index in [1.54, 1.807) is 37.3 Å². The molecule has 0 saturated heterocycles. The van der Waals surface area contributed by atoms with E-state index in [1.165, 1.54) is 24.3 Å². The number of ether oxygens (including phenoxy) is 2. The second-order valence-electron chi connectivity index (χ2n) is 8.73. The molecule has 8 nitrogen and oxygen atoms in total. The van der Waals surface area contributed by atoms with E-state index in [0.717, 1.165) is 6.42 Å². The molecular weight excluding hydrogens is 462 g/mol. The van der Waals surface area contributed by atoms with Crippen molar-refractivity contribution in [3.63, 3.8) is 0 Å². The summed E-state index contributed by atoms with van der Waals surface area (Å²) < 4.78 is 16.3. The SMILES string of the molecule is Cc1cc(=O)c2c(O)c3c(cc2o1)OCC(C)CC3.Nc1ccc(C(=O)Oc2ccccc2)c(O)c1. The van der Waals surface area contributed by atoms with Gasteiger partial charge >= 0.3 is 5.97 Å². The van der Waals surface area contributed by atoms with Crippen molar-refractivity contribution in [2.75, 3.05) is 12.3 Å². The molecule has 0 fully saturated rings. The molecule has 1 atom stereocenters. The summed E-state index contributed by atoms with van der Waals surface area (Å²) in [5.41, 5.74) is 6.83. The maximum absolute atomic E-state index is 12.0. The number of fused-ring (bicyclic) bond motifs is 2. The van der Waals surface area contributed by atoms with Gasteiger partial charge in [-0.15, -0.1) is 0 Å². The highest BCUT2D eigenvalue weighted by molar-refractivity contribution is 5.94. The molecule has 0 radical (unpaired) electrons. The molecular formula is C28H27NO7. The minimum atomic E-state index is -0.617. The second-order valence-corrected chi connectivity index (χ2v) is 8.73. The fraction of sp³-hybridized carbons (Fsp3) is 0.214. The zero-order chi connectivity index (χ0) is 25.8. The molecule has 1 aromatic heterocycles. The highest BCUT2D eigenvalue weighted by atomic mass is 16.5. The highest BCUT2D eigenvalue weighted by Crippen LogP contribution is 2.38. The van der Waals surface area contributed by atoms with Crippen molar-refractivity contribution in [3.8, 4) is 23.0 Å². The Kier molecular flexibility index (Phi) is 7.15. The summed E-state index contributed by atoms with van der Waals surface area (Å²) in [5, 5.41) is 20.1. The summed E-state index contributed by atoms with van der Waals surface area (Å²) in [6, 6.07) is 16.0. The topological polar surface area (TPSA) is 132 Å². The maximum atomic E-state index is 12.0. The van der Waals surface area contributed by atoms with Gasteiger partial charge in [-0.25, -0.2) is 4.79 Å². The van der Waals surface area contributed by atoms with Crippen LogP contribution in [-0.2, 0) is 6.42 Å². The first-order chi connectivity index (χ1) is 17.2. The average Bonchev–Trinajstić information content (AvgIpc) is 3.01. The van der Waals surface area contributed by atoms with Crippen LogP contribution in [0.15, 0.2) is 69.9 Å². The van der Waals surface area contributed by atoms with Crippen LogP contribution in [-0.4, -0.2) is 22.8 Å². The molecule has 4 N–H and O–H groups in total. The third-order valence-electron chi connectivity index (χ3n) is 5.79. The Bertz CT molecular complexity index is 1460. The van der Waals surface area contributed by atoms with E-state index in [-0.39, 0.29) is 27.9 Å². The largest absolute Gasteiger partial charge is 0.507 e. The van der Waals surface area contributed by atoms with Gasteiger partial charge in [0.25, 0.3) is 0 Å². The number of hydrogen-bond acceptors (Lipinski definition) is 8. The van der Waals surface area contributed by atoms with E-state index in [9.17, 15) is 19.8 Å². The van der Waals surface area contributed by atoms with Gasteiger partial charge in [0.05, 0.1) is 6.61 Å². The standard InChI is InChI=1S/C15H16O4.C13H11NO3/c1-8-3-4-10-12(18-7-8)6-13-14(15(10)17)11(16)5-9(2)19-13;14-9-6-7-11(12(15)8-9)13(16)17-10-4-2-1-3-5-10/h5-6,8,17H,3-4,7H2,1-2H3;1-8,15H,14H2. The number of phenols is 2. The molecule has 3 aromatic carbocycles. The van der Waals surface area contributed by atoms with Crippen molar-refractivity contribution >= 4 is 22.6 Å². The predicted molar refractivity (Wildman–Crippen MR) is 136 cm³/mol. The lowest BCUT2D eigenvalue weighted by atomic mass is 10.00. The summed E-state index contributed by atoms with van der Waals surface area (Å²) in [7, 11) is 0. The van der Waals surface area contributed by atoms with Gasteiger partial charge < -0.3 is 29.8 Å². The Hall–Kier alpha value is -4.46. The number of anilines is 1. The number of esters is 1. The van der Waals surface area contributed by atoms with Gasteiger partial charge in [-0.3, -0.25) is 4.79 Å². The Morgan fingerprint density at radius 1 is 1.08 bits per heavy atom. The molecule has 5 rings (SSSR count). The fourth-order valence-corrected chi connectivity index (χ4v) is 3.89. The fourth-order valence-electron chi connectivity index (χ4n) is 3.89. The number of aryl methyl sites for hydroxylation is 1. The van der Waals surface area contributed by atoms with Crippen LogP contribution in [0.4, 0.5) is 5.69 Å². The second kappa shape index (κ2) is 10.4. The van der Waals surface area contributed by atoms with Gasteiger partial charge in [0.15, 0.2) is 5.43 Å². The van der Waals surface area contributed by atoms with Gasteiger partial charge in [-0.1, -0.05) is 25.1 Å².